The number of carbonyl (C=O) groups is 1. The van der Waals surface area contributed by atoms with E-state index in [0.29, 0.717) is 13.2 Å². The van der Waals surface area contributed by atoms with Gasteiger partial charge < -0.3 is 19.5 Å². The van der Waals surface area contributed by atoms with Gasteiger partial charge in [-0.05, 0) is 54.5 Å². The normalized spacial score (nSPS) is 10.9. The van der Waals surface area contributed by atoms with Crippen LogP contribution in [0.5, 0.6) is 17.2 Å². The number of methoxy groups -OCH3 is 2. The number of nitrogens with one attached hydrogen (secondary N) is 1. The minimum absolute atomic E-state index is 0.147. The Kier molecular flexibility index (Phi) is 6.89. The van der Waals surface area contributed by atoms with Crippen LogP contribution in [0, 0.1) is 0 Å². The Morgan fingerprint density at radius 3 is 2.00 bits per heavy atom. The zero-order valence-corrected chi connectivity index (χ0v) is 14.7. The molecule has 0 aliphatic rings. The second-order valence-corrected chi connectivity index (χ2v) is 5.37. The second-order valence-electron chi connectivity index (χ2n) is 5.37. The van der Waals surface area contributed by atoms with E-state index < -0.39 is 0 Å². The monoisotopic (exact) mass is 341 g/mol. The Bertz CT molecular complexity index is 705. The van der Waals surface area contributed by atoms with Crippen molar-refractivity contribution in [2.45, 2.75) is 6.92 Å². The summed E-state index contributed by atoms with van der Waals surface area (Å²) in [7, 11) is 3.24. The highest BCUT2D eigenvalue weighted by atomic mass is 16.5. The Morgan fingerprint density at radius 2 is 1.44 bits per heavy atom. The number of allylic oxidation sites excluding steroid dienone is 1. The van der Waals surface area contributed by atoms with Gasteiger partial charge in [0, 0.05) is 6.08 Å². The molecule has 0 spiro atoms. The van der Waals surface area contributed by atoms with Crippen molar-refractivity contribution < 1.29 is 19.0 Å². The van der Waals surface area contributed by atoms with E-state index >= 15 is 0 Å². The SMILES string of the molecule is COc1ccc(OCCNC(=O)/C=C(\C)c2ccc(OC)cc2)cc1. The first kappa shape index (κ1) is 18.4. The fourth-order valence-corrected chi connectivity index (χ4v) is 2.20. The molecule has 2 rings (SSSR count). The summed E-state index contributed by atoms with van der Waals surface area (Å²) in [6.07, 6.45) is 1.58. The minimum Gasteiger partial charge on any atom is -0.497 e. The lowest BCUT2D eigenvalue weighted by Crippen LogP contribution is -2.26. The molecule has 0 aromatic heterocycles. The molecule has 0 radical (unpaired) electrons. The number of carbonyl (C=O) groups excluding carboxylic acids is 1. The van der Waals surface area contributed by atoms with Gasteiger partial charge in [-0.3, -0.25) is 4.79 Å². The van der Waals surface area contributed by atoms with Crippen LogP contribution in [-0.4, -0.2) is 33.3 Å². The van der Waals surface area contributed by atoms with Crippen LogP contribution in [0.25, 0.3) is 5.57 Å². The molecule has 132 valence electrons. The van der Waals surface area contributed by atoms with E-state index in [1.807, 2.05) is 55.5 Å². The van der Waals surface area contributed by atoms with Crippen molar-refractivity contribution in [1.82, 2.24) is 5.32 Å². The minimum atomic E-state index is -0.147. The Hall–Kier alpha value is -2.95. The maximum atomic E-state index is 12.0. The lowest BCUT2D eigenvalue weighted by molar-refractivity contribution is -0.116. The molecule has 0 aliphatic carbocycles. The molecule has 2 aromatic rings. The summed E-state index contributed by atoms with van der Waals surface area (Å²) in [6, 6.07) is 14.9. The van der Waals surface area contributed by atoms with Crippen LogP contribution in [-0.2, 0) is 4.79 Å². The van der Waals surface area contributed by atoms with Gasteiger partial charge in [0.1, 0.15) is 23.9 Å². The Labute approximate surface area is 148 Å². The number of rotatable bonds is 8. The van der Waals surface area contributed by atoms with Crippen LogP contribution in [0.2, 0.25) is 0 Å². The van der Waals surface area contributed by atoms with Crippen molar-refractivity contribution in [3.8, 4) is 17.2 Å². The van der Waals surface area contributed by atoms with Crippen molar-refractivity contribution in [2.75, 3.05) is 27.4 Å². The van der Waals surface area contributed by atoms with Crippen LogP contribution in [0.15, 0.2) is 54.6 Å². The fraction of sp³-hybridized carbons (Fsp3) is 0.250. The summed E-state index contributed by atoms with van der Waals surface area (Å²) in [6.45, 7) is 2.72. The summed E-state index contributed by atoms with van der Waals surface area (Å²) >= 11 is 0. The molecule has 5 heteroatoms. The van der Waals surface area contributed by atoms with E-state index in [-0.39, 0.29) is 5.91 Å². The third-order valence-electron chi connectivity index (χ3n) is 3.62. The molecular weight excluding hydrogens is 318 g/mol. The molecule has 5 nitrogen and oxygen atoms in total. The van der Waals surface area contributed by atoms with Crippen LogP contribution in [0.1, 0.15) is 12.5 Å². The highest BCUT2D eigenvalue weighted by Gasteiger charge is 2.02. The highest BCUT2D eigenvalue weighted by Crippen LogP contribution is 2.18. The van der Waals surface area contributed by atoms with Gasteiger partial charge in [0.2, 0.25) is 5.91 Å². The first-order valence-corrected chi connectivity index (χ1v) is 8.00. The molecule has 2 aromatic carbocycles. The quantitative estimate of drug-likeness (QED) is 0.591. The standard InChI is InChI=1S/C20H23NO4/c1-15(16-4-6-17(23-2)7-5-16)14-20(22)21-12-13-25-19-10-8-18(24-3)9-11-19/h4-11,14H,12-13H2,1-3H3,(H,21,22)/b15-14+. The van der Waals surface area contributed by atoms with Crippen molar-refractivity contribution in [2.24, 2.45) is 0 Å². The predicted molar refractivity (Wildman–Crippen MR) is 98.1 cm³/mol. The number of hydrogen-bond donors (Lipinski definition) is 1. The third-order valence-corrected chi connectivity index (χ3v) is 3.62. The van der Waals surface area contributed by atoms with Crippen molar-refractivity contribution in [1.29, 1.82) is 0 Å². The van der Waals surface area contributed by atoms with Gasteiger partial charge in [0.05, 0.1) is 20.8 Å². The number of hydrogen-bond acceptors (Lipinski definition) is 4. The molecule has 0 atom stereocenters. The summed E-state index contributed by atoms with van der Waals surface area (Å²) < 4.78 is 15.8. The zero-order chi connectivity index (χ0) is 18.1. The summed E-state index contributed by atoms with van der Waals surface area (Å²) in [5.74, 6) is 2.16. The van der Waals surface area contributed by atoms with E-state index in [9.17, 15) is 4.79 Å². The molecular formula is C20H23NO4. The third kappa shape index (κ3) is 5.88. The Balaban J connectivity index is 1.76. The van der Waals surface area contributed by atoms with Crippen LogP contribution >= 0.6 is 0 Å². The van der Waals surface area contributed by atoms with Crippen LogP contribution in [0.4, 0.5) is 0 Å². The summed E-state index contributed by atoms with van der Waals surface area (Å²) in [5, 5.41) is 2.81. The molecule has 0 saturated heterocycles. The molecule has 1 amide bonds. The van der Waals surface area contributed by atoms with Crippen molar-refractivity contribution >= 4 is 11.5 Å². The largest absolute Gasteiger partial charge is 0.497 e. The average molecular weight is 341 g/mol. The maximum absolute atomic E-state index is 12.0. The van der Waals surface area contributed by atoms with Gasteiger partial charge >= 0.3 is 0 Å². The first-order valence-electron chi connectivity index (χ1n) is 8.00. The first-order chi connectivity index (χ1) is 12.1. The lowest BCUT2D eigenvalue weighted by atomic mass is 10.1. The topological polar surface area (TPSA) is 56.8 Å². The van der Waals surface area contributed by atoms with Crippen molar-refractivity contribution in [3.05, 3.63) is 60.2 Å². The molecule has 0 heterocycles. The fourth-order valence-electron chi connectivity index (χ4n) is 2.20. The van der Waals surface area contributed by atoms with Crippen LogP contribution in [0.3, 0.4) is 0 Å². The van der Waals surface area contributed by atoms with E-state index in [1.165, 1.54) is 0 Å². The molecule has 1 N–H and O–H groups in total. The van der Waals surface area contributed by atoms with Crippen molar-refractivity contribution in [3.63, 3.8) is 0 Å². The van der Waals surface area contributed by atoms with Crippen LogP contribution < -0.4 is 19.5 Å². The maximum Gasteiger partial charge on any atom is 0.244 e. The lowest BCUT2D eigenvalue weighted by Gasteiger charge is -2.08. The highest BCUT2D eigenvalue weighted by molar-refractivity contribution is 5.94. The molecule has 25 heavy (non-hydrogen) atoms. The molecule has 0 saturated carbocycles. The molecule has 0 aliphatic heterocycles. The predicted octanol–water partition coefficient (Wildman–Crippen LogP) is 3.30. The van der Waals surface area contributed by atoms with Gasteiger partial charge in [0.25, 0.3) is 0 Å². The molecule has 0 unspecified atom stereocenters. The van der Waals surface area contributed by atoms with Gasteiger partial charge in [-0.15, -0.1) is 0 Å². The smallest absolute Gasteiger partial charge is 0.244 e. The van der Waals surface area contributed by atoms with E-state index in [1.54, 1.807) is 20.3 Å². The van der Waals surface area contributed by atoms with Gasteiger partial charge in [-0.25, -0.2) is 0 Å². The van der Waals surface area contributed by atoms with Gasteiger partial charge in [0.15, 0.2) is 0 Å². The number of amides is 1. The average Bonchev–Trinajstić information content (AvgIpc) is 2.65. The van der Waals surface area contributed by atoms with E-state index in [2.05, 4.69) is 5.32 Å². The van der Waals surface area contributed by atoms with E-state index in [0.717, 1.165) is 28.4 Å². The van der Waals surface area contributed by atoms with Gasteiger partial charge in [-0.1, -0.05) is 12.1 Å². The summed E-state index contributed by atoms with van der Waals surface area (Å²) in [5.41, 5.74) is 1.86. The molecule has 0 fully saturated rings. The Morgan fingerprint density at radius 1 is 0.920 bits per heavy atom. The second kappa shape index (κ2) is 9.37. The van der Waals surface area contributed by atoms with E-state index in [4.69, 9.17) is 14.2 Å². The number of benzene rings is 2. The molecule has 0 bridgehead atoms. The number of ether oxygens (including phenoxy) is 3. The summed E-state index contributed by atoms with van der Waals surface area (Å²) in [4.78, 5) is 12.0. The zero-order valence-electron chi connectivity index (χ0n) is 14.7. The van der Waals surface area contributed by atoms with Gasteiger partial charge in [-0.2, -0.15) is 0 Å².